The minimum atomic E-state index is 0. The first-order valence-corrected chi connectivity index (χ1v) is 7.20. The van der Waals surface area contributed by atoms with E-state index in [9.17, 15) is 4.79 Å². The molecular formula is C15H23Cl2N3O. The number of hydrogen-bond donors (Lipinski definition) is 2. The molecule has 0 unspecified atom stereocenters. The van der Waals surface area contributed by atoms with Gasteiger partial charge in [0, 0.05) is 30.9 Å². The van der Waals surface area contributed by atoms with Crippen LogP contribution in [0.3, 0.4) is 0 Å². The highest BCUT2D eigenvalue weighted by Gasteiger charge is 2.14. The van der Waals surface area contributed by atoms with Crippen LogP contribution in [0.2, 0.25) is 0 Å². The number of carbonyl (C=O) groups is 1. The van der Waals surface area contributed by atoms with Crippen molar-refractivity contribution >= 4 is 36.4 Å². The molecule has 2 aliphatic rings. The Balaban J connectivity index is 0.00000110. The van der Waals surface area contributed by atoms with Crippen LogP contribution in [0, 0.1) is 0 Å². The van der Waals surface area contributed by atoms with E-state index < -0.39 is 0 Å². The number of fused-ring (bicyclic) bond motifs is 1. The number of amides is 1. The Labute approximate surface area is 138 Å². The Morgan fingerprint density at radius 3 is 2.76 bits per heavy atom. The molecule has 0 radical (unpaired) electrons. The van der Waals surface area contributed by atoms with Crippen molar-refractivity contribution in [1.82, 2.24) is 10.2 Å². The van der Waals surface area contributed by atoms with Gasteiger partial charge in [-0.25, -0.2) is 0 Å². The van der Waals surface area contributed by atoms with E-state index in [2.05, 4.69) is 15.5 Å². The maximum absolute atomic E-state index is 12.1. The SMILES string of the molecule is Cl.Cl.O=C(NCCN1CCCC1)c1ccc2c(c1)CCN2. The molecule has 0 spiro atoms. The smallest absolute Gasteiger partial charge is 0.251 e. The van der Waals surface area contributed by atoms with Gasteiger partial charge in [0.15, 0.2) is 0 Å². The summed E-state index contributed by atoms with van der Waals surface area (Å²) in [5.74, 6) is 0.0499. The van der Waals surface area contributed by atoms with E-state index in [1.807, 2.05) is 18.2 Å². The molecule has 6 heteroatoms. The number of anilines is 1. The molecule has 1 fully saturated rings. The minimum absolute atomic E-state index is 0. The van der Waals surface area contributed by atoms with E-state index >= 15 is 0 Å². The predicted molar refractivity (Wildman–Crippen MR) is 91.1 cm³/mol. The van der Waals surface area contributed by atoms with Crippen LogP contribution in [0.4, 0.5) is 5.69 Å². The molecule has 2 aliphatic heterocycles. The lowest BCUT2D eigenvalue weighted by molar-refractivity contribution is 0.0949. The normalized spacial score (nSPS) is 16.4. The molecule has 0 bridgehead atoms. The molecule has 0 aromatic heterocycles. The van der Waals surface area contributed by atoms with Crippen LogP contribution >= 0.6 is 24.8 Å². The summed E-state index contributed by atoms with van der Waals surface area (Å²) < 4.78 is 0. The molecule has 118 valence electrons. The van der Waals surface area contributed by atoms with E-state index in [0.717, 1.165) is 31.6 Å². The van der Waals surface area contributed by atoms with Crippen LogP contribution in [0.15, 0.2) is 18.2 Å². The second-order valence-electron chi connectivity index (χ2n) is 5.35. The first kappa shape index (κ1) is 18.1. The molecule has 0 saturated carbocycles. The number of nitrogens with one attached hydrogen (secondary N) is 2. The van der Waals surface area contributed by atoms with Gasteiger partial charge in [-0.1, -0.05) is 0 Å². The van der Waals surface area contributed by atoms with Crippen LogP contribution in [0.1, 0.15) is 28.8 Å². The number of nitrogens with zero attached hydrogens (tertiary/aromatic N) is 1. The maximum Gasteiger partial charge on any atom is 0.251 e. The number of carbonyl (C=O) groups excluding carboxylic acids is 1. The lowest BCUT2D eigenvalue weighted by Gasteiger charge is -2.14. The molecule has 3 rings (SSSR count). The van der Waals surface area contributed by atoms with Crippen LogP contribution in [0.25, 0.3) is 0 Å². The van der Waals surface area contributed by atoms with Gasteiger partial charge in [0.25, 0.3) is 5.91 Å². The van der Waals surface area contributed by atoms with E-state index in [1.165, 1.54) is 37.2 Å². The lowest BCUT2D eigenvalue weighted by Crippen LogP contribution is -2.33. The largest absolute Gasteiger partial charge is 0.384 e. The minimum Gasteiger partial charge on any atom is -0.384 e. The first-order valence-electron chi connectivity index (χ1n) is 7.20. The van der Waals surface area contributed by atoms with Gasteiger partial charge in [0.05, 0.1) is 0 Å². The van der Waals surface area contributed by atoms with Crippen molar-refractivity contribution in [3.05, 3.63) is 29.3 Å². The van der Waals surface area contributed by atoms with E-state index in [-0.39, 0.29) is 30.7 Å². The fourth-order valence-corrected chi connectivity index (χ4v) is 2.88. The third-order valence-electron chi connectivity index (χ3n) is 3.99. The number of likely N-dealkylation sites (tertiary alicyclic amines) is 1. The Morgan fingerprint density at radius 2 is 2.00 bits per heavy atom. The van der Waals surface area contributed by atoms with Crippen molar-refractivity contribution in [2.75, 3.05) is 38.0 Å². The van der Waals surface area contributed by atoms with Crippen molar-refractivity contribution in [2.45, 2.75) is 19.3 Å². The van der Waals surface area contributed by atoms with Crippen LogP contribution in [-0.4, -0.2) is 43.5 Å². The van der Waals surface area contributed by atoms with Crippen molar-refractivity contribution in [3.63, 3.8) is 0 Å². The van der Waals surface area contributed by atoms with E-state index in [4.69, 9.17) is 0 Å². The molecule has 1 aromatic carbocycles. The number of hydrogen-bond acceptors (Lipinski definition) is 3. The van der Waals surface area contributed by atoms with Crippen LogP contribution in [0.5, 0.6) is 0 Å². The molecule has 2 heterocycles. The maximum atomic E-state index is 12.1. The zero-order chi connectivity index (χ0) is 13.1. The highest BCUT2D eigenvalue weighted by molar-refractivity contribution is 5.95. The van der Waals surface area contributed by atoms with Crippen molar-refractivity contribution in [3.8, 4) is 0 Å². The number of rotatable bonds is 4. The molecular weight excluding hydrogens is 309 g/mol. The lowest BCUT2D eigenvalue weighted by atomic mass is 10.1. The summed E-state index contributed by atoms with van der Waals surface area (Å²) in [6, 6.07) is 5.93. The van der Waals surface area contributed by atoms with Crippen LogP contribution < -0.4 is 10.6 Å². The average Bonchev–Trinajstić information content (AvgIpc) is 3.08. The Morgan fingerprint density at radius 1 is 1.24 bits per heavy atom. The molecule has 1 amide bonds. The van der Waals surface area contributed by atoms with Crippen molar-refractivity contribution < 1.29 is 4.79 Å². The molecule has 4 nitrogen and oxygen atoms in total. The molecule has 1 aromatic rings. The van der Waals surface area contributed by atoms with Gasteiger partial charge in [-0.15, -0.1) is 24.8 Å². The Kier molecular flexibility index (Phi) is 7.29. The number of benzene rings is 1. The van der Waals surface area contributed by atoms with Gasteiger partial charge in [0.1, 0.15) is 0 Å². The van der Waals surface area contributed by atoms with Crippen LogP contribution in [-0.2, 0) is 6.42 Å². The molecule has 2 N–H and O–H groups in total. The predicted octanol–water partition coefficient (Wildman–Crippen LogP) is 2.32. The van der Waals surface area contributed by atoms with Gasteiger partial charge in [-0.3, -0.25) is 4.79 Å². The summed E-state index contributed by atoms with van der Waals surface area (Å²) in [6.45, 7) is 5.06. The van der Waals surface area contributed by atoms with Gasteiger partial charge in [-0.2, -0.15) is 0 Å². The van der Waals surface area contributed by atoms with Gasteiger partial charge < -0.3 is 15.5 Å². The third kappa shape index (κ3) is 4.50. The van der Waals surface area contributed by atoms with E-state index in [0.29, 0.717) is 0 Å². The van der Waals surface area contributed by atoms with Crippen molar-refractivity contribution in [2.24, 2.45) is 0 Å². The summed E-state index contributed by atoms with van der Waals surface area (Å²) >= 11 is 0. The Bertz CT molecular complexity index is 476. The molecule has 0 aliphatic carbocycles. The molecule has 0 atom stereocenters. The fraction of sp³-hybridized carbons (Fsp3) is 0.533. The van der Waals surface area contributed by atoms with Gasteiger partial charge >= 0.3 is 0 Å². The standard InChI is InChI=1S/C15H21N3O.2ClH/c19-15(17-7-10-18-8-1-2-9-18)13-3-4-14-12(11-13)5-6-16-14;;/h3-4,11,16H,1-2,5-10H2,(H,17,19);2*1H. The topological polar surface area (TPSA) is 44.4 Å². The summed E-state index contributed by atoms with van der Waals surface area (Å²) in [6.07, 6.45) is 3.61. The zero-order valence-corrected chi connectivity index (χ0v) is 13.7. The highest BCUT2D eigenvalue weighted by atomic mass is 35.5. The Hall–Kier alpha value is -0.970. The van der Waals surface area contributed by atoms with Gasteiger partial charge in [-0.05, 0) is 56.1 Å². The quantitative estimate of drug-likeness (QED) is 0.889. The molecule has 21 heavy (non-hydrogen) atoms. The number of halogens is 2. The first-order chi connectivity index (χ1) is 9.33. The van der Waals surface area contributed by atoms with Crippen molar-refractivity contribution in [1.29, 1.82) is 0 Å². The highest BCUT2D eigenvalue weighted by Crippen LogP contribution is 2.22. The average molecular weight is 332 g/mol. The third-order valence-corrected chi connectivity index (χ3v) is 3.99. The summed E-state index contributed by atoms with van der Waals surface area (Å²) in [5.41, 5.74) is 3.21. The fourth-order valence-electron chi connectivity index (χ4n) is 2.88. The second-order valence-corrected chi connectivity index (χ2v) is 5.35. The monoisotopic (exact) mass is 331 g/mol. The zero-order valence-electron chi connectivity index (χ0n) is 12.1. The summed E-state index contributed by atoms with van der Waals surface area (Å²) in [4.78, 5) is 14.5. The molecule has 1 saturated heterocycles. The summed E-state index contributed by atoms with van der Waals surface area (Å²) in [7, 11) is 0. The van der Waals surface area contributed by atoms with E-state index in [1.54, 1.807) is 0 Å². The van der Waals surface area contributed by atoms with Gasteiger partial charge in [0.2, 0.25) is 0 Å². The summed E-state index contributed by atoms with van der Waals surface area (Å²) in [5, 5.41) is 6.32. The second kappa shape index (κ2) is 8.47.